The number of hydrogen-bond donors (Lipinski definition) is 0. The summed E-state index contributed by atoms with van der Waals surface area (Å²) in [5.41, 5.74) is 0. The van der Waals surface area contributed by atoms with E-state index in [9.17, 15) is 9.59 Å². The van der Waals surface area contributed by atoms with Gasteiger partial charge >= 0.3 is 11.9 Å². The summed E-state index contributed by atoms with van der Waals surface area (Å²) in [5, 5.41) is -0.929. The highest BCUT2D eigenvalue weighted by molar-refractivity contribution is 9.09. The smallest absolute Gasteiger partial charge is 0.346 e. The number of ether oxygens (including phenoxy) is 3. The van der Waals surface area contributed by atoms with Crippen LogP contribution in [-0.4, -0.2) is 37.8 Å². The molecule has 0 N–H and O–H groups in total. The Morgan fingerprint density at radius 1 is 1.33 bits per heavy atom. The molecule has 0 aromatic heterocycles. The van der Waals surface area contributed by atoms with Crippen molar-refractivity contribution in [2.24, 2.45) is 0 Å². The van der Waals surface area contributed by atoms with Gasteiger partial charge in [-0.3, -0.25) is 0 Å². The average molecular weight is 241 g/mol. The number of carbonyl (C=O) groups is 2. The van der Waals surface area contributed by atoms with Crippen LogP contribution in [0.4, 0.5) is 0 Å². The van der Waals surface area contributed by atoms with Crippen LogP contribution in [-0.2, 0) is 23.8 Å². The fourth-order valence-electron chi connectivity index (χ4n) is 0.361. The third-order valence-corrected chi connectivity index (χ3v) is 1.60. The van der Waals surface area contributed by atoms with E-state index in [4.69, 9.17) is 4.74 Å². The highest BCUT2D eigenvalue weighted by atomic mass is 79.9. The lowest BCUT2D eigenvalue weighted by molar-refractivity contribution is -0.154. The van der Waals surface area contributed by atoms with E-state index in [2.05, 4.69) is 25.4 Å². The Morgan fingerprint density at radius 3 is 2.33 bits per heavy atom. The molecule has 0 aromatic carbocycles. The van der Waals surface area contributed by atoms with Crippen LogP contribution in [0.2, 0.25) is 0 Å². The van der Waals surface area contributed by atoms with E-state index in [0.29, 0.717) is 0 Å². The summed E-state index contributed by atoms with van der Waals surface area (Å²) < 4.78 is 13.3. The summed E-state index contributed by atoms with van der Waals surface area (Å²) in [6.45, 7) is -0.290. The Kier molecular flexibility index (Phi) is 5.65. The summed E-state index contributed by atoms with van der Waals surface area (Å²) in [7, 11) is 2.45. The van der Waals surface area contributed by atoms with Crippen LogP contribution in [0.3, 0.4) is 0 Å². The summed E-state index contributed by atoms with van der Waals surface area (Å²) >= 11 is 2.86. The summed E-state index contributed by atoms with van der Waals surface area (Å²) in [6, 6.07) is 0. The van der Waals surface area contributed by atoms with Gasteiger partial charge in [0.05, 0.1) is 14.2 Å². The molecule has 0 aromatic rings. The van der Waals surface area contributed by atoms with Gasteiger partial charge in [0.1, 0.15) is 6.61 Å². The predicted molar refractivity (Wildman–Crippen MR) is 42.7 cm³/mol. The number of halogens is 1. The minimum atomic E-state index is -0.929. The van der Waals surface area contributed by atoms with Crippen LogP contribution in [0.25, 0.3) is 0 Å². The third-order valence-electron chi connectivity index (χ3n) is 0.962. The fraction of sp³-hybridized carbons (Fsp3) is 0.667. The van der Waals surface area contributed by atoms with Crippen LogP contribution < -0.4 is 0 Å². The molecule has 1 unspecified atom stereocenters. The van der Waals surface area contributed by atoms with Crippen molar-refractivity contribution in [3.05, 3.63) is 0 Å². The highest BCUT2D eigenvalue weighted by Gasteiger charge is 2.16. The number of esters is 2. The van der Waals surface area contributed by atoms with Gasteiger partial charge in [0, 0.05) is 0 Å². The Hall–Kier alpha value is -0.620. The molecule has 0 aliphatic rings. The quantitative estimate of drug-likeness (QED) is 0.514. The van der Waals surface area contributed by atoms with Gasteiger partial charge < -0.3 is 14.2 Å². The molecule has 0 saturated carbocycles. The van der Waals surface area contributed by atoms with Gasteiger partial charge in [-0.2, -0.15) is 0 Å². The first kappa shape index (κ1) is 11.4. The Bertz CT molecular complexity index is 169. The third kappa shape index (κ3) is 4.30. The lowest BCUT2D eigenvalue weighted by atomic mass is 10.7. The number of hydrogen-bond acceptors (Lipinski definition) is 5. The number of carbonyl (C=O) groups excluding carboxylic acids is 2. The van der Waals surface area contributed by atoms with Crippen molar-refractivity contribution >= 4 is 27.9 Å². The van der Waals surface area contributed by atoms with Crippen molar-refractivity contribution < 1.29 is 23.8 Å². The second kappa shape index (κ2) is 5.96. The van der Waals surface area contributed by atoms with Crippen LogP contribution in [0, 0.1) is 0 Å². The summed E-state index contributed by atoms with van der Waals surface area (Å²) in [4.78, 5) is 21.2. The fourth-order valence-corrected chi connectivity index (χ4v) is 0.680. The second-order valence-electron chi connectivity index (χ2n) is 1.73. The molecule has 5 nitrogen and oxygen atoms in total. The van der Waals surface area contributed by atoms with Gasteiger partial charge in [-0.15, -0.1) is 0 Å². The minimum Gasteiger partial charge on any atom is -0.467 e. The monoisotopic (exact) mass is 240 g/mol. The van der Waals surface area contributed by atoms with Crippen LogP contribution in [0.1, 0.15) is 0 Å². The molecule has 0 fully saturated rings. The van der Waals surface area contributed by atoms with Crippen LogP contribution in [0.5, 0.6) is 0 Å². The first-order valence-electron chi connectivity index (χ1n) is 3.02. The lowest BCUT2D eigenvalue weighted by Crippen LogP contribution is -2.23. The molecule has 0 bridgehead atoms. The average Bonchev–Trinajstić information content (AvgIpc) is 2.11. The maximum Gasteiger partial charge on any atom is 0.346 e. The van der Waals surface area contributed by atoms with Crippen LogP contribution >= 0.6 is 15.9 Å². The number of alkyl halides is 1. The zero-order chi connectivity index (χ0) is 9.56. The molecule has 6 heteroatoms. The van der Waals surface area contributed by atoms with Gasteiger partial charge in [0.15, 0.2) is 0 Å². The van der Waals surface area contributed by atoms with Gasteiger partial charge in [-0.1, -0.05) is 0 Å². The molecule has 0 saturated heterocycles. The topological polar surface area (TPSA) is 61.8 Å². The summed E-state index contributed by atoms with van der Waals surface area (Å²) in [5.74, 6) is -1.15. The van der Waals surface area contributed by atoms with Gasteiger partial charge in [0.25, 0.3) is 0 Å². The zero-order valence-electron chi connectivity index (χ0n) is 6.70. The molecule has 0 heterocycles. The zero-order valence-corrected chi connectivity index (χ0v) is 8.29. The van der Waals surface area contributed by atoms with Crippen molar-refractivity contribution in [1.29, 1.82) is 0 Å². The van der Waals surface area contributed by atoms with Crippen molar-refractivity contribution in [1.82, 2.24) is 0 Å². The second-order valence-corrected chi connectivity index (χ2v) is 2.56. The molecule has 70 valence electrons. The molecular weight excluding hydrogens is 232 g/mol. The minimum absolute atomic E-state index is 0.290. The maximum atomic E-state index is 10.7. The maximum absolute atomic E-state index is 10.7. The van der Waals surface area contributed by atoms with Gasteiger partial charge in [-0.05, 0) is 15.9 Å². The number of rotatable bonds is 4. The first-order chi connectivity index (χ1) is 5.61. The van der Waals surface area contributed by atoms with E-state index in [1.54, 1.807) is 0 Å². The molecule has 0 spiro atoms. The molecule has 1 atom stereocenters. The molecule has 12 heavy (non-hydrogen) atoms. The van der Waals surface area contributed by atoms with E-state index < -0.39 is 17.0 Å². The van der Waals surface area contributed by atoms with Gasteiger partial charge in [0.2, 0.25) is 5.01 Å². The van der Waals surface area contributed by atoms with Crippen molar-refractivity contribution in [2.75, 3.05) is 20.8 Å². The first-order valence-corrected chi connectivity index (χ1v) is 3.93. The molecule has 0 aliphatic heterocycles. The van der Waals surface area contributed by atoms with E-state index in [0.717, 1.165) is 0 Å². The highest BCUT2D eigenvalue weighted by Crippen LogP contribution is 2.03. The van der Waals surface area contributed by atoms with Crippen molar-refractivity contribution in [3.63, 3.8) is 0 Å². The van der Waals surface area contributed by atoms with Crippen molar-refractivity contribution in [3.8, 4) is 0 Å². The SMILES string of the molecule is COC(=O)COC(Br)C(=O)OC. The number of methoxy groups -OCH3 is 2. The Morgan fingerprint density at radius 2 is 1.92 bits per heavy atom. The van der Waals surface area contributed by atoms with E-state index >= 15 is 0 Å². The van der Waals surface area contributed by atoms with E-state index in [1.807, 2.05) is 0 Å². The molecule has 0 radical (unpaired) electrons. The van der Waals surface area contributed by atoms with E-state index in [-0.39, 0.29) is 6.61 Å². The Balaban J connectivity index is 3.63. The summed E-state index contributed by atoms with van der Waals surface area (Å²) in [6.07, 6.45) is 0. The van der Waals surface area contributed by atoms with Gasteiger partial charge in [-0.25, -0.2) is 9.59 Å². The van der Waals surface area contributed by atoms with Crippen molar-refractivity contribution in [2.45, 2.75) is 5.01 Å². The molecule has 0 amide bonds. The molecule has 0 rings (SSSR count). The predicted octanol–water partition coefficient (Wildman–Crippen LogP) is 0.0700. The molecular formula is C6H9BrO5. The lowest BCUT2D eigenvalue weighted by Gasteiger charge is -2.07. The van der Waals surface area contributed by atoms with E-state index in [1.165, 1.54) is 14.2 Å². The molecule has 0 aliphatic carbocycles. The Labute approximate surface area is 78.1 Å². The largest absolute Gasteiger partial charge is 0.467 e. The standard InChI is InChI=1S/C6H9BrO5/c1-10-4(8)3-12-5(7)6(9)11-2/h5H,3H2,1-2H3. The normalized spacial score (nSPS) is 11.9. The van der Waals surface area contributed by atoms with Crippen LogP contribution in [0.15, 0.2) is 0 Å².